The van der Waals surface area contributed by atoms with Crippen LogP contribution in [0.4, 0.5) is 0 Å². The minimum Gasteiger partial charge on any atom is -0.467 e. The van der Waals surface area contributed by atoms with Crippen LogP contribution < -0.4 is 5.73 Å². The second-order valence-electron chi connectivity index (χ2n) is 4.48. The van der Waals surface area contributed by atoms with Gasteiger partial charge in [-0.25, -0.2) is 0 Å². The summed E-state index contributed by atoms with van der Waals surface area (Å²) in [6.07, 6.45) is 3.74. The Morgan fingerprint density at radius 3 is 2.90 bits per heavy atom. The summed E-state index contributed by atoms with van der Waals surface area (Å²) in [5, 5.41) is 1.99. The largest absolute Gasteiger partial charge is 0.467 e. The Morgan fingerprint density at radius 2 is 2.30 bits per heavy atom. The SMILES string of the molecule is C=CCC(N)C(=O)N(Cc1ccco1)Cc1cccs1. The zero-order valence-electron chi connectivity index (χ0n) is 11.2. The average Bonchev–Trinajstić information content (AvgIpc) is 3.10. The third-order valence-corrected chi connectivity index (χ3v) is 3.76. The fraction of sp³-hybridized carbons (Fsp3) is 0.267. The third kappa shape index (κ3) is 3.82. The number of amides is 1. The van der Waals surface area contributed by atoms with Gasteiger partial charge in [0.05, 0.1) is 25.4 Å². The summed E-state index contributed by atoms with van der Waals surface area (Å²) in [7, 11) is 0. The van der Waals surface area contributed by atoms with Gasteiger partial charge in [-0.3, -0.25) is 4.79 Å². The summed E-state index contributed by atoms with van der Waals surface area (Å²) in [5.41, 5.74) is 5.90. The fourth-order valence-electron chi connectivity index (χ4n) is 1.91. The number of carbonyl (C=O) groups is 1. The monoisotopic (exact) mass is 290 g/mol. The van der Waals surface area contributed by atoms with Crippen molar-refractivity contribution in [3.8, 4) is 0 Å². The van der Waals surface area contributed by atoms with Crippen LogP contribution in [-0.2, 0) is 17.9 Å². The molecule has 20 heavy (non-hydrogen) atoms. The van der Waals surface area contributed by atoms with Crippen molar-refractivity contribution >= 4 is 17.2 Å². The maximum Gasteiger partial charge on any atom is 0.240 e. The summed E-state index contributed by atoms with van der Waals surface area (Å²) in [6.45, 7) is 4.60. The maximum atomic E-state index is 12.4. The van der Waals surface area contributed by atoms with Gasteiger partial charge in [-0.05, 0) is 30.0 Å². The molecule has 0 aliphatic rings. The highest BCUT2D eigenvalue weighted by atomic mass is 32.1. The van der Waals surface area contributed by atoms with Crippen molar-refractivity contribution in [1.82, 2.24) is 4.90 Å². The van der Waals surface area contributed by atoms with E-state index in [0.29, 0.717) is 19.5 Å². The normalized spacial score (nSPS) is 12.1. The molecule has 0 saturated heterocycles. The van der Waals surface area contributed by atoms with Crippen LogP contribution in [0, 0.1) is 0 Å². The third-order valence-electron chi connectivity index (χ3n) is 2.90. The number of thiophene rings is 1. The van der Waals surface area contributed by atoms with Gasteiger partial charge < -0.3 is 15.1 Å². The molecule has 0 radical (unpaired) electrons. The van der Waals surface area contributed by atoms with Crippen LogP contribution in [-0.4, -0.2) is 16.8 Å². The predicted molar refractivity (Wildman–Crippen MR) is 80.1 cm³/mol. The van der Waals surface area contributed by atoms with Gasteiger partial charge in [-0.2, -0.15) is 0 Å². The molecule has 2 heterocycles. The Bertz CT molecular complexity index is 498. The molecule has 2 aromatic heterocycles. The molecule has 0 aliphatic heterocycles. The number of nitrogens with zero attached hydrogens (tertiary/aromatic N) is 1. The quantitative estimate of drug-likeness (QED) is 0.798. The maximum absolute atomic E-state index is 12.4. The fourth-order valence-corrected chi connectivity index (χ4v) is 2.63. The molecule has 0 aromatic carbocycles. The molecule has 1 amide bonds. The Hall–Kier alpha value is -1.85. The molecule has 4 nitrogen and oxygen atoms in total. The lowest BCUT2D eigenvalue weighted by molar-refractivity contribution is -0.134. The van der Waals surface area contributed by atoms with Gasteiger partial charge in [0.2, 0.25) is 5.91 Å². The molecule has 0 fully saturated rings. The first-order valence-electron chi connectivity index (χ1n) is 6.40. The van der Waals surface area contributed by atoms with Crippen LogP contribution in [0.1, 0.15) is 17.1 Å². The molecule has 2 rings (SSSR count). The molecule has 0 aliphatic carbocycles. The highest BCUT2D eigenvalue weighted by molar-refractivity contribution is 7.09. The van der Waals surface area contributed by atoms with E-state index in [2.05, 4.69) is 6.58 Å². The highest BCUT2D eigenvalue weighted by Gasteiger charge is 2.21. The number of furan rings is 1. The number of hydrogen-bond donors (Lipinski definition) is 1. The molecule has 106 valence electrons. The van der Waals surface area contributed by atoms with Gasteiger partial charge in [-0.15, -0.1) is 17.9 Å². The standard InChI is InChI=1S/C15H18N2O2S/c1-2-5-14(16)15(18)17(10-12-6-3-8-19-12)11-13-7-4-9-20-13/h2-4,6-9,14H,1,5,10-11,16H2. The lowest BCUT2D eigenvalue weighted by Crippen LogP contribution is -2.42. The Labute approximate surface area is 122 Å². The van der Waals surface area contributed by atoms with Crippen molar-refractivity contribution in [2.45, 2.75) is 25.6 Å². The van der Waals surface area contributed by atoms with Crippen LogP contribution in [0.3, 0.4) is 0 Å². The van der Waals surface area contributed by atoms with Gasteiger partial charge in [0, 0.05) is 4.88 Å². The van der Waals surface area contributed by atoms with Crippen LogP contribution in [0.15, 0.2) is 53.0 Å². The molecule has 2 N–H and O–H groups in total. The lowest BCUT2D eigenvalue weighted by atomic mass is 10.2. The van der Waals surface area contributed by atoms with Crippen molar-refractivity contribution in [2.24, 2.45) is 5.73 Å². The van der Waals surface area contributed by atoms with Gasteiger partial charge in [-0.1, -0.05) is 12.1 Å². The molecule has 1 atom stereocenters. The number of carbonyl (C=O) groups excluding carboxylic acids is 1. The van der Waals surface area contributed by atoms with E-state index >= 15 is 0 Å². The summed E-state index contributed by atoms with van der Waals surface area (Å²) < 4.78 is 5.32. The van der Waals surface area contributed by atoms with Crippen molar-refractivity contribution < 1.29 is 9.21 Å². The minimum absolute atomic E-state index is 0.0882. The van der Waals surface area contributed by atoms with Crippen molar-refractivity contribution in [2.75, 3.05) is 0 Å². The first kappa shape index (κ1) is 14.6. The first-order valence-corrected chi connectivity index (χ1v) is 7.28. The van der Waals surface area contributed by atoms with Crippen LogP contribution >= 0.6 is 11.3 Å². The average molecular weight is 290 g/mol. The second-order valence-corrected chi connectivity index (χ2v) is 5.52. The van der Waals surface area contributed by atoms with E-state index in [4.69, 9.17) is 10.2 Å². The van der Waals surface area contributed by atoms with Crippen molar-refractivity contribution in [3.05, 3.63) is 59.2 Å². The molecular formula is C15H18N2O2S. The second kappa shape index (κ2) is 7.07. The molecule has 2 aromatic rings. The van der Waals surface area contributed by atoms with Gasteiger partial charge in [0.1, 0.15) is 5.76 Å². The van der Waals surface area contributed by atoms with E-state index in [1.54, 1.807) is 28.6 Å². The van der Waals surface area contributed by atoms with E-state index in [0.717, 1.165) is 10.6 Å². The summed E-state index contributed by atoms with van der Waals surface area (Å²) in [6, 6.07) is 7.09. The molecule has 0 spiro atoms. The summed E-state index contributed by atoms with van der Waals surface area (Å²) in [5.74, 6) is 0.662. The molecule has 5 heteroatoms. The van der Waals surface area contributed by atoms with E-state index in [1.165, 1.54) is 0 Å². The van der Waals surface area contributed by atoms with Crippen LogP contribution in [0.2, 0.25) is 0 Å². The Kier molecular flexibility index (Phi) is 5.15. The smallest absolute Gasteiger partial charge is 0.240 e. The Balaban J connectivity index is 2.10. The van der Waals surface area contributed by atoms with Crippen LogP contribution in [0.25, 0.3) is 0 Å². The van der Waals surface area contributed by atoms with Gasteiger partial charge >= 0.3 is 0 Å². The number of rotatable bonds is 7. The predicted octanol–water partition coefficient (Wildman–Crippen LogP) is 2.77. The van der Waals surface area contributed by atoms with Gasteiger partial charge in [0.15, 0.2) is 0 Å². The number of hydrogen-bond acceptors (Lipinski definition) is 4. The van der Waals surface area contributed by atoms with Crippen molar-refractivity contribution in [3.63, 3.8) is 0 Å². The summed E-state index contributed by atoms with van der Waals surface area (Å²) >= 11 is 1.62. The zero-order valence-corrected chi connectivity index (χ0v) is 12.0. The number of nitrogens with two attached hydrogens (primary N) is 1. The molecular weight excluding hydrogens is 272 g/mol. The van der Waals surface area contributed by atoms with E-state index < -0.39 is 6.04 Å². The van der Waals surface area contributed by atoms with E-state index in [-0.39, 0.29) is 5.91 Å². The molecule has 0 saturated carbocycles. The van der Waals surface area contributed by atoms with E-state index in [1.807, 2.05) is 29.6 Å². The summed E-state index contributed by atoms with van der Waals surface area (Å²) in [4.78, 5) is 15.2. The highest BCUT2D eigenvalue weighted by Crippen LogP contribution is 2.16. The van der Waals surface area contributed by atoms with Crippen LogP contribution in [0.5, 0.6) is 0 Å². The van der Waals surface area contributed by atoms with Gasteiger partial charge in [0.25, 0.3) is 0 Å². The molecule has 0 bridgehead atoms. The minimum atomic E-state index is -0.553. The van der Waals surface area contributed by atoms with E-state index in [9.17, 15) is 4.79 Å². The lowest BCUT2D eigenvalue weighted by Gasteiger charge is -2.24. The van der Waals surface area contributed by atoms with Crippen molar-refractivity contribution in [1.29, 1.82) is 0 Å². The Morgan fingerprint density at radius 1 is 1.45 bits per heavy atom. The first-order chi connectivity index (χ1) is 9.70. The molecule has 1 unspecified atom stereocenters. The zero-order chi connectivity index (χ0) is 14.4. The topological polar surface area (TPSA) is 59.5 Å².